The Kier molecular flexibility index (Phi) is 4.82. The molecule has 0 bridgehead atoms. The molecular formula is C13H15Cl2NO3. The standard InChI is InChI=1S/C13H15Cl2NO3/c1-4-16(13(2,3)12(18)19)11(17)10-8(14)6-5-7-9(10)15/h5-7H,4H2,1-3H3,(H,18,19). The number of likely N-dealkylation sites (N-methyl/N-ethyl adjacent to an activating group) is 1. The van der Waals surface area contributed by atoms with Crippen molar-refractivity contribution in [1.82, 2.24) is 4.90 Å². The predicted octanol–water partition coefficient (Wildman–Crippen LogP) is 3.32. The molecule has 1 aromatic rings. The Morgan fingerprint density at radius 3 is 2.11 bits per heavy atom. The van der Waals surface area contributed by atoms with Crippen LogP contribution in [0.25, 0.3) is 0 Å². The molecule has 0 radical (unpaired) electrons. The predicted molar refractivity (Wildman–Crippen MR) is 74.9 cm³/mol. The summed E-state index contributed by atoms with van der Waals surface area (Å²) >= 11 is 12.0. The lowest BCUT2D eigenvalue weighted by atomic mass is 10.0. The minimum atomic E-state index is -1.34. The van der Waals surface area contributed by atoms with Crippen LogP contribution in [0.15, 0.2) is 18.2 Å². The van der Waals surface area contributed by atoms with Crippen molar-refractivity contribution >= 4 is 35.1 Å². The summed E-state index contributed by atoms with van der Waals surface area (Å²) in [6.07, 6.45) is 0. The van der Waals surface area contributed by atoms with Crippen LogP contribution in [0.2, 0.25) is 10.0 Å². The third-order valence-electron chi connectivity index (χ3n) is 2.94. The van der Waals surface area contributed by atoms with Crippen LogP contribution in [-0.4, -0.2) is 34.0 Å². The summed E-state index contributed by atoms with van der Waals surface area (Å²) in [7, 11) is 0. The van der Waals surface area contributed by atoms with E-state index in [1.54, 1.807) is 25.1 Å². The van der Waals surface area contributed by atoms with Crippen molar-refractivity contribution in [3.05, 3.63) is 33.8 Å². The molecule has 0 unspecified atom stereocenters. The van der Waals surface area contributed by atoms with Gasteiger partial charge in [0.2, 0.25) is 0 Å². The zero-order valence-electron chi connectivity index (χ0n) is 10.9. The third kappa shape index (κ3) is 3.01. The maximum atomic E-state index is 12.5. The van der Waals surface area contributed by atoms with Gasteiger partial charge >= 0.3 is 5.97 Å². The van der Waals surface area contributed by atoms with Crippen molar-refractivity contribution in [2.24, 2.45) is 0 Å². The average molecular weight is 304 g/mol. The van der Waals surface area contributed by atoms with E-state index in [2.05, 4.69) is 0 Å². The van der Waals surface area contributed by atoms with Crippen LogP contribution in [0, 0.1) is 0 Å². The molecule has 0 aromatic heterocycles. The monoisotopic (exact) mass is 303 g/mol. The fraction of sp³-hybridized carbons (Fsp3) is 0.385. The molecule has 0 aliphatic rings. The van der Waals surface area contributed by atoms with Crippen molar-refractivity contribution in [3.63, 3.8) is 0 Å². The highest BCUT2D eigenvalue weighted by atomic mass is 35.5. The first-order valence-corrected chi connectivity index (χ1v) is 6.48. The SMILES string of the molecule is CCN(C(=O)c1c(Cl)cccc1Cl)C(C)(C)C(=O)O. The topological polar surface area (TPSA) is 57.6 Å². The molecule has 1 N–H and O–H groups in total. The van der Waals surface area contributed by atoms with Gasteiger partial charge in [-0.2, -0.15) is 0 Å². The fourth-order valence-electron chi connectivity index (χ4n) is 1.75. The van der Waals surface area contributed by atoms with Gasteiger partial charge in [0.05, 0.1) is 15.6 Å². The van der Waals surface area contributed by atoms with Crippen molar-refractivity contribution in [1.29, 1.82) is 0 Å². The molecule has 0 saturated heterocycles. The number of hydrogen-bond donors (Lipinski definition) is 1. The van der Waals surface area contributed by atoms with E-state index in [9.17, 15) is 14.7 Å². The first kappa shape index (κ1) is 15.8. The molecule has 0 atom stereocenters. The van der Waals surface area contributed by atoms with Gasteiger partial charge in [0.15, 0.2) is 0 Å². The number of halogens is 2. The molecule has 0 heterocycles. The van der Waals surface area contributed by atoms with Crippen LogP contribution in [0.3, 0.4) is 0 Å². The number of carboxylic acids is 1. The normalized spacial score (nSPS) is 11.2. The summed E-state index contributed by atoms with van der Waals surface area (Å²) in [4.78, 5) is 25.0. The van der Waals surface area contributed by atoms with Gasteiger partial charge in [-0.25, -0.2) is 4.79 Å². The molecule has 0 fully saturated rings. The molecule has 0 saturated carbocycles. The highest BCUT2D eigenvalue weighted by molar-refractivity contribution is 6.39. The van der Waals surface area contributed by atoms with E-state index in [1.807, 2.05) is 0 Å². The van der Waals surface area contributed by atoms with Crippen molar-refractivity contribution < 1.29 is 14.7 Å². The minimum Gasteiger partial charge on any atom is -0.480 e. The van der Waals surface area contributed by atoms with Crippen molar-refractivity contribution in [3.8, 4) is 0 Å². The Balaban J connectivity index is 3.28. The second-order valence-electron chi connectivity index (χ2n) is 4.51. The zero-order valence-corrected chi connectivity index (χ0v) is 12.4. The van der Waals surface area contributed by atoms with Crippen molar-refractivity contribution in [2.45, 2.75) is 26.3 Å². The number of carbonyl (C=O) groups is 2. The van der Waals surface area contributed by atoms with Crippen LogP contribution in [0.4, 0.5) is 0 Å². The number of nitrogens with zero attached hydrogens (tertiary/aromatic N) is 1. The van der Waals surface area contributed by atoms with E-state index in [1.165, 1.54) is 18.7 Å². The molecule has 104 valence electrons. The lowest BCUT2D eigenvalue weighted by Gasteiger charge is -2.34. The van der Waals surface area contributed by atoms with Gasteiger partial charge in [0.25, 0.3) is 5.91 Å². The Hall–Kier alpha value is -1.26. The van der Waals surface area contributed by atoms with E-state index in [-0.39, 0.29) is 22.2 Å². The Bertz CT molecular complexity index is 494. The van der Waals surface area contributed by atoms with Crippen LogP contribution in [0.1, 0.15) is 31.1 Å². The Morgan fingerprint density at radius 2 is 1.74 bits per heavy atom. The highest BCUT2D eigenvalue weighted by Crippen LogP contribution is 2.28. The number of aliphatic carboxylic acids is 1. The van der Waals surface area contributed by atoms with Crippen LogP contribution in [0.5, 0.6) is 0 Å². The van der Waals surface area contributed by atoms with Gasteiger partial charge in [0.1, 0.15) is 5.54 Å². The first-order chi connectivity index (χ1) is 8.73. The Labute approximate surface area is 121 Å². The van der Waals surface area contributed by atoms with E-state index in [4.69, 9.17) is 23.2 Å². The maximum Gasteiger partial charge on any atom is 0.329 e. The minimum absolute atomic E-state index is 0.127. The summed E-state index contributed by atoms with van der Waals surface area (Å²) < 4.78 is 0. The van der Waals surface area contributed by atoms with Crippen LogP contribution in [-0.2, 0) is 4.79 Å². The number of carboxylic acid groups (broad SMARTS) is 1. The van der Waals surface area contributed by atoms with Crippen molar-refractivity contribution in [2.75, 3.05) is 6.54 Å². The van der Waals surface area contributed by atoms with Crippen LogP contribution >= 0.6 is 23.2 Å². The van der Waals surface area contributed by atoms with E-state index >= 15 is 0 Å². The van der Waals surface area contributed by atoms with Crippen LogP contribution < -0.4 is 0 Å². The molecule has 1 aromatic carbocycles. The number of rotatable bonds is 4. The maximum absolute atomic E-state index is 12.5. The van der Waals surface area contributed by atoms with E-state index in [0.717, 1.165) is 0 Å². The van der Waals surface area contributed by atoms with Gasteiger partial charge in [-0.15, -0.1) is 0 Å². The molecule has 6 heteroatoms. The Morgan fingerprint density at radius 1 is 1.26 bits per heavy atom. The molecule has 0 spiro atoms. The quantitative estimate of drug-likeness (QED) is 0.928. The molecular weight excluding hydrogens is 289 g/mol. The zero-order chi connectivity index (χ0) is 14.8. The largest absolute Gasteiger partial charge is 0.480 e. The number of benzene rings is 1. The fourth-order valence-corrected chi connectivity index (χ4v) is 2.30. The lowest BCUT2D eigenvalue weighted by Crippen LogP contribution is -2.53. The summed E-state index contributed by atoms with van der Waals surface area (Å²) in [6.45, 7) is 4.86. The number of hydrogen-bond acceptors (Lipinski definition) is 2. The molecule has 4 nitrogen and oxygen atoms in total. The van der Waals surface area contributed by atoms with Gasteiger partial charge in [-0.1, -0.05) is 29.3 Å². The molecule has 19 heavy (non-hydrogen) atoms. The summed E-state index contributed by atoms with van der Waals surface area (Å²) in [6, 6.07) is 4.71. The molecule has 0 aliphatic heterocycles. The highest BCUT2D eigenvalue weighted by Gasteiger charge is 2.38. The summed E-state index contributed by atoms with van der Waals surface area (Å²) in [5.41, 5.74) is -1.21. The van der Waals surface area contributed by atoms with Gasteiger partial charge < -0.3 is 10.0 Å². The molecule has 1 amide bonds. The van der Waals surface area contributed by atoms with Gasteiger partial charge in [-0.05, 0) is 32.9 Å². The second-order valence-corrected chi connectivity index (χ2v) is 5.32. The van der Waals surface area contributed by atoms with Gasteiger partial charge in [-0.3, -0.25) is 4.79 Å². The first-order valence-electron chi connectivity index (χ1n) is 5.72. The lowest BCUT2D eigenvalue weighted by molar-refractivity contribution is -0.147. The average Bonchev–Trinajstić information content (AvgIpc) is 2.28. The number of carbonyl (C=O) groups excluding carboxylic acids is 1. The smallest absolute Gasteiger partial charge is 0.329 e. The summed E-state index contributed by atoms with van der Waals surface area (Å²) in [5.74, 6) is -1.59. The third-order valence-corrected chi connectivity index (χ3v) is 3.57. The van der Waals surface area contributed by atoms with E-state index < -0.39 is 17.4 Å². The second kappa shape index (κ2) is 5.80. The summed E-state index contributed by atoms with van der Waals surface area (Å²) in [5, 5.41) is 9.63. The van der Waals surface area contributed by atoms with E-state index in [0.29, 0.717) is 0 Å². The number of amides is 1. The molecule has 0 aliphatic carbocycles. The molecule has 1 rings (SSSR count). The van der Waals surface area contributed by atoms with Gasteiger partial charge in [0, 0.05) is 6.54 Å².